The number of aromatic nitrogens is 1. The van der Waals surface area contributed by atoms with Crippen molar-refractivity contribution in [2.24, 2.45) is 0 Å². The van der Waals surface area contributed by atoms with Gasteiger partial charge in [-0.2, -0.15) is 0 Å². The van der Waals surface area contributed by atoms with Crippen LogP contribution in [0.3, 0.4) is 0 Å². The van der Waals surface area contributed by atoms with Gasteiger partial charge in [0, 0.05) is 18.3 Å². The van der Waals surface area contributed by atoms with Crippen LogP contribution in [0.1, 0.15) is 12.5 Å². The van der Waals surface area contributed by atoms with Crippen LogP contribution in [-0.4, -0.2) is 11.5 Å². The summed E-state index contributed by atoms with van der Waals surface area (Å²) in [5, 5.41) is 3.29. The van der Waals surface area contributed by atoms with Crippen LogP contribution in [-0.2, 0) is 6.54 Å². The van der Waals surface area contributed by atoms with E-state index in [1.165, 1.54) is 0 Å². The molecule has 2 aromatic rings. The summed E-state index contributed by atoms with van der Waals surface area (Å²) in [4.78, 5) is 4.11. The Morgan fingerprint density at radius 2 is 2.06 bits per heavy atom. The topological polar surface area (TPSA) is 34.2 Å². The van der Waals surface area contributed by atoms with Crippen LogP contribution >= 0.6 is 15.9 Å². The average molecular weight is 307 g/mol. The van der Waals surface area contributed by atoms with Crippen LogP contribution in [0.25, 0.3) is 0 Å². The molecule has 0 aliphatic carbocycles. The number of nitrogens with one attached hydrogen (secondary N) is 1. The molecule has 0 saturated carbocycles. The van der Waals surface area contributed by atoms with E-state index in [9.17, 15) is 0 Å². The minimum absolute atomic E-state index is 0.777. The highest BCUT2D eigenvalue weighted by Crippen LogP contribution is 2.30. The van der Waals surface area contributed by atoms with Gasteiger partial charge in [-0.25, -0.2) is 0 Å². The number of hydrogen-bond donors (Lipinski definition) is 1. The van der Waals surface area contributed by atoms with Crippen molar-refractivity contribution < 1.29 is 4.74 Å². The summed E-state index contributed by atoms with van der Waals surface area (Å²) in [5.74, 6) is 1.58. The van der Waals surface area contributed by atoms with Gasteiger partial charge in [0.05, 0.1) is 10.7 Å². The van der Waals surface area contributed by atoms with Gasteiger partial charge in [-0.1, -0.05) is 19.1 Å². The Hall–Kier alpha value is -1.39. The first-order valence-electron chi connectivity index (χ1n) is 5.87. The first-order chi connectivity index (χ1) is 8.81. The zero-order chi connectivity index (χ0) is 12.8. The van der Waals surface area contributed by atoms with E-state index in [1.807, 2.05) is 30.3 Å². The molecule has 0 amide bonds. The van der Waals surface area contributed by atoms with Gasteiger partial charge in [0.1, 0.15) is 11.5 Å². The Bertz CT molecular complexity index is 517. The van der Waals surface area contributed by atoms with Crippen LogP contribution in [0.5, 0.6) is 11.5 Å². The predicted octanol–water partition coefficient (Wildman–Crippen LogP) is 3.75. The number of para-hydroxylation sites is 1. The lowest BCUT2D eigenvalue weighted by Crippen LogP contribution is -2.12. The summed E-state index contributed by atoms with van der Waals surface area (Å²) in [6.07, 6.45) is 3.52. The second-order valence-corrected chi connectivity index (χ2v) is 4.65. The third-order valence-electron chi connectivity index (χ3n) is 2.49. The molecule has 0 aliphatic heterocycles. The van der Waals surface area contributed by atoms with E-state index in [2.05, 4.69) is 33.2 Å². The van der Waals surface area contributed by atoms with Crippen molar-refractivity contribution in [1.29, 1.82) is 0 Å². The molecule has 0 saturated heterocycles. The SMILES string of the molecule is CCNCc1ccncc1Oc1ccccc1Br. The standard InChI is InChI=1S/C14H15BrN2O/c1-2-16-9-11-7-8-17-10-14(11)18-13-6-4-3-5-12(13)15/h3-8,10,16H,2,9H2,1H3. The lowest BCUT2D eigenvalue weighted by Gasteiger charge is -2.11. The minimum atomic E-state index is 0.777. The van der Waals surface area contributed by atoms with E-state index in [0.29, 0.717) is 0 Å². The molecule has 1 N–H and O–H groups in total. The fourth-order valence-corrected chi connectivity index (χ4v) is 1.92. The van der Waals surface area contributed by atoms with E-state index >= 15 is 0 Å². The quantitative estimate of drug-likeness (QED) is 0.913. The molecule has 2 rings (SSSR count). The minimum Gasteiger partial charge on any atom is -0.454 e. The lowest BCUT2D eigenvalue weighted by atomic mass is 10.2. The Labute approximate surface area is 115 Å². The van der Waals surface area contributed by atoms with E-state index in [0.717, 1.165) is 34.6 Å². The zero-order valence-corrected chi connectivity index (χ0v) is 11.8. The van der Waals surface area contributed by atoms with Gasteiger partial charge < -0.3 is 10.1 Å². The second-order valence-electron chi connectivity index (χ2n) is 3.80. The molecule has 1 aromatic heterocycles. The smallest absolute Gasteiger partial charge is 0.150 e. The summed E-state index contributed by atoms with van der Waals surface area (Å²) in [6.45, 7) is 3.78. The van der Waals surface area contributed by atoms with E-state index in [4.69, 9.17) is 4.74 Å². The fraction of sp³-hybridized carbons (Fsp3) is 0.214. The van der Waals surface area contributed by atoms with Crippen molar-refractivity contribution in [2.45, 2.75) is 13.5 Å². The molecule has 0 bridgehead atoms. The van der Waals surface area contributed by atoms with Crippen LogP contribution in [0.4, 0.5) is 0 Å². The van der Waals surface area contributed by atoms with Crippen molar-refractivity contribution in [1.82, 2.24) is 10.3 Å². The Morgan fingerprint density at radius 1 is 1.22 bits per heavy atom. The van der Waals surface area contributed by atoms with Gasteiger partial charge in [-0.3, -0.25) is 4.98 Å². The lowest BCUT2D eigenvalue weighted by molar-refractivity contribution is 0.468. The second kappa shape index (κ2) is 6.52. The first kappa shape index (κ1) is 13.1. The van der Waals surface area contributed by atoms with Crippen LogP contribution in [0, 0.1) is 0 Å². The maximum atomic E-state index is 5.89. The average Bonchev–Trinajstić information content (AvgIpc) is 2.40. The fourth-order valence-electron chi connectivity index (χ4n) is 1.55. The predicted molar refractivity (Wildman–Crippen MR) is 75.8 cm³/mol. The molecule has 0 atom stereocenters. The number of benzene rings is 1. The molecule has 94 valence electrons. The molecule has 0 aliphatic rings. The van der Waals surface area contributed by atoms with E-state index in [-0.39, 0.29) is 0 Å². The van der Waals surface area contributed by atoms with Gasteiger partial charge in [0.15, 0.2) is 0 Å². The number of halogens is 1. The van der Waals surface area contributed by atoms with Gasteiger partial charge in [0.2, 0.25) is 0 Å². The van der Waals surface area contributed by atoms with E-state index in [1.54, 1.807) is 12.4 Å². The Kier molecular flexibility index (Phi) is 4.73. The summed E-state index contributed by atoms with van der Waals surface area (Å²) in [5.41, 5.74) is 1.10. The monoisotopic (exact) mass is 306 g/mol. The number of ether oxygens (including phenoxy) is 1. The van der Waals surface area contributed by atoms with Crippen molar-refractivity contribution in [3.05, 3.63) is 52.8 Å². The third kappa shape index (κ3) is 3.31. The Morgan fingerprint density at radius 3 is 2.83 bits per heavy atom. The van der Waals surface area contributed by atoms with Crippen molar-refractivity contribution in [3.8, 4) is 11.5 Å². The maximum absolute atomic E-state index is 5.89. The summed E-state index contributed by atoms with van der Waals surface area (Å²) in [6, 6.07) is 9.75. The van der Waals surface area contributed by atoms with Gasteiger partial charge >= 0.3 is 0 Å². The van der Waals surface area contributed by atoms with E-state index < -0.39 is 0 Å². The van der Waals surface area contributed by atoms with Gasteiger partial charge in [-0.05, 0) is 40.7 Å². The highest BCUT2D eigenvalue weighted by atomic mass is 79.9. The molecule has 0 radical (unpaired) electrons. The Balaban J connectivity index is 2.21. The zero-order valence-electron chi connectivity index (χ0n) is 10.2. The third-order valence-corrected chi connectivity index (χ3v) is 3.15. The molecule has 0 spiro atoms. The summed E-state index contributed by atoms with van der Waals surface area (Å²) >= 11 is 3.47. The first-order valence-corrected chi connectivity index (χ1v) is 6.66. The molecule has 1 heterocycles. The largest absolute Gasteiger partial charge is 0.454 e. The van der Waals surface area contributed by atoms with Gasteiger partial charge in [-0.15, -0.1) is 0 Å². The number of pyridine rings is 1. The molecule has 0 fully saturated rings. The highest BCUT2D eigenvalue weighted by Gasteiger charge is 2.06. The molecule has 18 heavy (non-hydrogen) atoms. The van der Waals surface area contributed by atoms with Crippen molar-refractivity contribution >= 4 is 15.9 Å². The normalized spacial score (nSPS) is 10.3. The van der Waals surface area contributed by atoms with Crippen molar-refractivity contribution in [3.63, 3.8) is 0 Å². The number of nitrogens with zero attached hydrogens (tertiary/aromatic N) is 1. The molecule has 3 nitrogen and oxygen atoms in total. The number of rotatable bonds is 5. The van der Waals surface area contributed by atoms with Crippen LogP contribution < -0.4 is 10.1 Å². The molecule has 4 heteroatoms. The summed E-state index contributed by atoms with van der Waals surface area (Å²) in [7, 11) is 0. The van der Waals surface area contributed by atoms with Crippen molar-refractivity contribution in [2.75, 3.05) is 6.54 Å². The highest BCUT2D eigenvalue weighted by molar-refractivity contribution is 9.10. The van der Waals surface area contributed by atoms with Gasteiger partial charge in [0.25, 0.3) is 0 Å². The van der Waals surface area contributed by atoms with Crippen LogP contribution in [0.2, 0.25) is 0 Å². The summed E-state index contributed by atoms with van der Waals surface area (Å²) < 4.78 is 6.82. The number of hydrogen-bond acceptors (Lipinski definition) is 3. The molecular weight excluding hydrogens is 292 g/mol. The molecule has 1 aromatic carbocycles. The molecular formula is C14H15BrN2O. The molecule has 0 unspecified atom stereocenters. The maximum Gasteiger partial charge on any atom is 0.150 e. The van der Waals surface area contributed by atoms with Crippen LogP contribution in [0.15, 0.2) is 47.2 Å².